The van der Waals surface area contributed by atoms with Crippen LogP contribution in [0.25, 0.3) is 0 Å². The van der Waals surface area contributed by atoms with E-state index in [4.69, 9.17) is 10.8 Å². The third-order valence-electron chi connectivity index (χ3n) is 2.84. The molecule has 0 spiro atoms. The van der Waals surface area contributed by atoms with Crippen molar-refractivity contribution in [3.63, 3.8) is 0 Å². The van der Waals surface area contributed by atoms with Gasteiger partial charge in [0.2, 0.25) is 5.91 Å². The zero-order chi connectivity index (χ0) is 13.6. The predicted molar refractivity (Wildman–Crippen MR) is 79.4 cm³/mol. The highest BCUT2D eigenvalue weighted by molar-refractivity contribution is 5.85. The number of carbonyl (C=O) groups excluding carboxylic acids is 1. The first kappa shape index (κ1) is 17.9. The van der Waals surface area contributed by atoms with Crippen LogP contribution in [0.5, 0.6) is 0 Å². The van der Waals surface area contributed by atoms with Crippen LogP contribution in [0, 0.1) is 0 Å². The number of aliphatic hydroxyl groups is 1. The molecule has 0 heterocycles. The Kier molecular flexibility index (Phi) is 7.68. The van der Waals surface area contributed by atoms with Crippen molar-refractivity contribution in [2.24, 2.45) is 5.73 Å². The Morgan fingerprint density at radius 3 is 2.42 bits per heavy atom. The predicted octanol–water partition coefficient (Wildman–Crippen LogP) is 1.43. The molecule has 1 unspecified atom stereocenters. The number of benzene rings is 1. The summed E-state index contributed by atoms with van der Waals surface area (Å²) in [6.07, 6.45) is 0.620. The van der Waals surface area contributed by atoms with E-state index in [1.165, 1.54) is 0 Å². The molecule has 0 saturated carbocycles. The normalized spacial score (nSPS) is 12.4. The zero-order valence-corrected chi connectivity index (χ0v) is 12.2. The highest BCUT2D eigenvalue weighted by Gasteiger charge is 2.22. The van der Waals surface area contributed by atoms with Crippen LogP contribution in [0.15, 0.2) is 30.3 Å². The molecular formula is C14H23ClN2O2. The van der Waals surface area contributed by atoms with E-state index in [-0.39, 0.29) is 30.8 Å². The molecule has 0 aliphatic heterocycles. The van der Waals surface area contributed by atoms with Crippen molar-refractivity contribution in [1.82, 2.24) is 5.32 Å². The maximum atomic E-state index is 11.7. The summed E-state index contributed by atoms with van der Waals surface area (Å²) >= 11 is 0. The van der Waals surface area contributed by atoms with Crippen molar-refractivity contribution in [2.75, 3.05) is 13.2 Å². The number of amides is 1. The second-order valence-electron chi connectivity index (χ2n) is 5.05. The van der Waals surface area contributed by atoms with E-state index in [1.54, 1.807) is 13.8 Å². The van der Waals surface area contributed by atoms with E-state index >= 15 is 0 Å². The average Bonchev–Trinajstić information content (AvgIpc) is 2.34. The Bertz CT molecular complexity index is 377. The minimum atomic E-state index is -0.875. The molecule has 0 aromatic heterocycles. The van der Waals surface area contributed by atoms with Crippen molar-refractivity contribution in [1.29, 1.82) is 0 Å². The molecule has 0 fully saturated rings. The number of rotatable bonds is 6. The van der Waals surface area contributed by atoms with E-state index in [1.807, 2.05) is 30.3 Å². The van der Waals surface area contributed by atoms with Gasteiger partial charge in [0, 0.05) is 19.1 Å². The van der Waals surface area contributed by atoms with Gasteiger partial charge < -0.3 is 16.2 Å². The third-order valence-corrected chi connectivity index (χ3v) is 2.84. The van der Waals surface area contributed by atoms with Crippen LogP contribution < -0.4 is 11.1 Å². The van der Waals surface area contributed by atoms with Gasteiger partial charge in [-0.05, 0) is 25.8 Å². The summed E-state index contributed by atoms with van der Waals surface area (Å²) in [5, 5.41) is 11.9. The van der Waals surface area contributed by atoms with Gasteiger partial charge in [0.1, 0.15) is 0 Å². The number of hydrogen-bond donors (Lipinski definition) is 3. The van der Waals surface area contributed by atoms with Gasteiger partial charge in [-0.25, -0.2) is 0 Å². The number of nitrogens with one attached hydrogen (secondary N) is 1. The maximum Gasteiger partial charge on any atom is 0.239 e. The molecule has 4 nitrogen and oxygen atoms in total. The van der Waals surface area contributed by atoms with E-state index in [0.29, 0.717) is 13.0 Å². The molecule has 4 N–H and O–H groups in total. The largest absolute Gasteiger partial charge is 0.396 e. The lowest BCUT2D eigenvalue weighted by Crippen LogP contribution is -2.49. The molecule has 1 atom stereocenters. The van der Waals surface area contributed by atoms with Gasteiger partial charge >= 0.3 is 0 Å². The van der Waals surface area contributed by atoms with Crippen molar-refractivity contribution >= 4 is 18.3 Å². The van der Waals surface area contributed by atoms with E-state index in [9.17, 15) is 4.79 Å². The van der Waals surface area contributed by atoms with Crippen LogP contribution in [0.1, 0.15) is 31.7 Å². The second kappa shape index (κ2) is 8.15. The van der Waals surface area contributed by atoms with Crippen molar-refractivity contribution in [3.8, 4) is 0 Å². The first-order chi connectivity index (χ1) is 8.45. The highest BCUT2D eigenvalue weighted by Crippen LogP contribution is 2.18. The SMILES string of the molecule is CC(C)(N)C(=O)NCC(CCO)c1ccccc1.Cl. The van der Waals surface area contributed by atoms with Crippen LogP contribution in [-0.4, -0.2) is 29.7 Å². The molecule has 0 aliphatic rings. The number of nitrogens with two attached hydrogens (primary N) is 1. The van der Waals surface area contributed by atoms with Gasteiger partial charge in [-0.1, -0.05) is 30.3 Å². The topological polar surface area (TPSA) is 75.4 Å². The van der Waals surface area contributed by atoms with Gasteiger partial charge in [0.05, 0.1) is 5.54 Å². The molecule has 1 aromatic carbocycles. The molecule has 1 aromatic rings. The smallest absolute Gasteiger partial charge is 0.239 e. The van der Waals surface area contributed by atoms with E-state index in [0.717, 1.165) is 5.56 Å². The second-order valence-corrected chi connectivity index (χ2v) is 5.05. The molecule has 108 valence electrons. The standard InChI is InChI=1S/C14H22N2O2.ClH/c1-14(2,15)13(18)16-10-12(8-9-17)11-6-4-3-5-7-11;/h3-7,12,17H,8-10,15H2,1-2H3,(H,16,18);1H. The van der Waals surface area contributed by atoms with Gasteiger partial charge in [0.15, 0.2) is 0 Å². The Labute approximate surface area is 120 Å². The first-order valence-electron chi connectivity index (χ1n) is 6.18. The summed E-state index contributed by atoms with van der Waals surface area (Å²) in [7, 11) is 0. The summed E-state index contributed by atoms with van der Waals surface area (Å²) in [4.78, 5) is 11.7. The van der Waals surface area contributed by atoms with E-state index < -0.39 is 5.54 Å². The molecule has 0 saturated heterocycles. The summed E-state index contributed by atoms with van der Waals surface area (Å²) in [6.45, 7) is 3.93. The summed E-state index contributed by atoms with van der Waals surface area (Å²) in [5.74, 6) is -0.0659. The molecular weight excluding hydrogens is 264 g/mol. The number of aliphatic hydroxyl groups excluding tert-OH is 1. The number of hydrogen-bond acceptors (Lipinski definition) is 3. The molecule has 5 heteroatoms. The summed E-state index contributed by atoms with van der Waals surface area (Å²) in [5.41, 5.74) is 5.95. The number of halogens is 1. The Morgan fingerprint density at radius 2 is 1.95 bits per heavy atom. The molecule has 19 heavy (non-hydrogen) atoms. The molecule has 1 amide bonds. The van der Waals surface area contributed by atoms with Crippen molar-refractivity contribution in [2.45, 2.75) is 31.7 Å². The number of carbonyl (C=O) groups is 1. The lowest BCUT2D eigenvalue weighted by Gasteiger charge is -2.22. The lowest BCUT2D eigenvalue weighted by molar-refractivity contribution is -0.125. The van der Waals surface area contributed by atoms with Gasteiger partial charge in [-0.3, -0.25) is 4.79 Å². The van der Waals surface area contributed by atoms with Crippen LogP contribution >= 0.6 is 12.4 Å². The Morgan fingerprint density at radius 1 is 1.37 bits per heavy atom. The quantitative estimate of drug-likeness (QED) is 0.740. The fourth-order valence-corrected chi connectivity index (χ4v) is 1.71. The third kappa shape index (κ3) is 6.05. The molecule has 1 rings (SSSR count). The maximum absolute atomic E-state index is 11.7. The fourth-order valence-electron chi connectivity index (χ4n) is 1.71. The van der Waals surface area contributed by atoms with E-state index in [2.05, 4.69) is 5.32 Å². The molecule has 0 bridgehead atoms. The van der Waals surface area contributed by atoms with Crippen LogP contribution in [0.3, 0.4) is 0 Å². The lowest BCUT2D eigenvalue weighted by atomic mass is 9.95. The van der Waals surface area contributed by atoms with Crippen molar-refractivity contribution < 1.29 is 9.90 Å². The monoisotopic (exact) mass is 286 g/mol. The average molecular weight is 287 g/mol. The van der Waals surface area contributed by atoms with Crippen molar-refractivity contribution in [3.05, 3.63) is 35.9 Å². The van der Waals surface area contributed by atoms with Crippen LogP contribution in [-0.2, 0) is 4.79 Å². The fraction of sp³-hybridized carbons (Fsp3) is 0.500. The van der Waals surface area contributed by atoms with Gasteiger partial charge in [-0.2, -0.15) is 0 Å². The summed E-state index contributed by atoms with van der Waals surface area (Å²) < 4.78 is 0. The Balaban J connectivity index is 0.00000324. The minimum Gasteiger partial charge on any atom is -0.396 e. The minimum absolute atomic E-state index is 0. The van der Waals surface area contributed by atoms with Gasteiger partial charge in [0.25, 0.3) is 0 Å². The highest BCUT2D eigenvalue weighted by atomic mass is 35.5. The summed E-state index contributed by atoms with van der Waals surface area (Å²) in [6, 6.07) is 9.85. The first-order valence-corrected chi connectivity index (χ1v) is 6.18. The van der Waals surface area contributed by atoms with Crippen LogP contribution in [0.2, 0.25) is 0 Å². The zero-order valence-electron chi connectivity index (χ0n) is 11.4. The molecule has 0 aliphatic carbocycles. The van der Waals surface area contributed by atoms with Gasteiger partial charge in [-0.15, -0.1) is 12.4 Å². The molecule has 0 radical (unpaired) electrons. The van der Waals surface area contributed by atoms with Crippen LogP contribution in [0.4, 0.5) is 0 Å². The Hall–Kier alpha value is -1.10.